The van der Waals surface area contributed by atoms with Crippen molar-refractivity contribution in [1.82, 2.24) is 4.90 Å². The minimum atomic E-state index is 0.128. The second kappa shape index (κ2) is 7.39. The number of hydrogen-bond donors (Lipinski definition) is 0. The van der Waals surface area contributed by atoms with Gasteiger partial charge in [-0.15, -0.1) is 0 Å². The summed E-state index contributed by atoms with van der Waals surface area (Å²) >= 11 is 0. The Morgan fingerprint density at radius 3 is 2.38 bits per heavy atom. The Morgan fingerprint density at radius 1 is 1.04 bits per heavy atom. The fraction of sp³-hybridized carbons (Fsp3) is 0.350. The van der Waals surface area contributed by atoms with Crippen LogP contribution in [0, 0.1) is 0 Å². The molecule has 0 atom stereocenters. The number of hydrogen-bond acceptors (Lipinski definition) is 3. The van der Waals surface area contributed by atoms with Gasteiger partial charge in [-0.2, -0.15) is 0 Å². The zero-order valence-electron chi connectivity index (χ0n) is 14.4. The van der Waals surface area contributed by atoms with Crippen LogP contribution in [0.25, 0.3) is 0 Å². The zero-order valence-corrected chi connectivity index (χ0v) is 14.4. The quantitative estimate of drug-likeness (QED) is 0.866. The van der Waals surface area contributed by atoms with E-state index in [0.29, 0.717) is 0 Å². The highest BCUT2D eigenvalue weighted by Gasteiger charge is 2.22. The Hall–Kier alpha value is -2.49. The van der Waals surface area contributed by atoms with E-state index >= 15 is 0 Å². The molecule has 1 saturated heterocycles. The summed E-state index contributed by atoms with van der Waals surface area (Å²) in [5.74, 6) is 0.991. The van der Waals surface area contributed by atoms with E-state index in [4.69, 9.17) is 4.74 Å². The first-order valence-corrected chi connectivity index (χ1v) is 8.48. The van der Waals surface area contributed by atoms with E-state index in [1.165, 1.54) is 5.56 Å². The van der Waals surface area contributed by atoms with Crippen molar-refractivity contribution in [2.24, 2.45) is 0 Å². The van der Waals surface area contributed by atoms with E-state index in [9.17, 15) is 4.79 Å². The molecular weight excluding hydrogens is 300 g/mol. The van der Waals surface area contributed by atoms with Crippen molar-refractivity contribution < 1.29 is 9.53 Å². The molecule has 4 heteroatoms. The van der Waals surface area contributed by atoms with Gasteiger partial charge in [-0.25, -0.2) is 0 Å². The van der Waals surface area contributed by atoms with Crippen molar-refractivity contribution in [3.05, 3.63) is 59.7 Å². The number of methoxy groups -OCH3 is 1. The number of benzene rings is 2. The van der Waals surface area contributed by atoms with Crippen molar-refractivity contribution >= 4 is 11.6 Å². The smallest absolute Gasteiger partial charge is 0.253 e. The average Bonchev–Trinajstić information content (AvgIpc) is 2.67. The van der Waals surface area contributed by atoms with E-state index in [1.807, 2.05) is 47.4 Å². The van der Waals surface area contributed by atoms with Crippen LogP contribution < -0.4 is 9.64 Å². The topological polar surface area (TPSA) is 32.8 Å². The van der Waals surface area contributed by atoms with Gasteiger partial charge in [-0.1, -0.05) is 25.1 Å². The number of carbonyl (C=O) groups is 1. The molecule has 3 rings (SSSR count). The van der Waals surface area contributed by atoms with Gasteiger partial charge in [0.05, 0.1) is 7.11 Å². The number of carbonyl (C=O) groups excluding carboxylic acids is 1. The molecule has 0 unspecified atom stereocenters. The van der Waals surface area contributed by atoms with Gasteiger partial charge in [0.2, 0.25) is 0 Å². The molecule has 2 aromatic rings. The first-order valence-electron chi connectivity index (χ1n) is 8.48. The second-order valence-electron chi connectivity index (χ2n) is 6.03. The minimum Gasteiger partial charge on any atom is -0.497 e. The molecule has 0 saturated carbocycles. The number of rotatable bonds is 4. The highest BCUT2D eigenvalue weighted by molar-refractivity contribution is 5.94. The summed E-state index contributed by atoms with van der Waals surface area (Å²) in [4.78, 5) is 16.9. The van der Waals surface area contributed by atoms with Crippen LogP contribution in [0.4, 0.5) is 5.69 Å². The number of anilines is 1. The SMILES string of the molecule is CCc1ccc(C(=O)N2CCN(c3cccc(OC)c3)CC2)cc1. The summed E-state index contributed by atoms with van der Waals surface area (Å²) in [6.07, 6.45) is 0.994. The van der Waals surface area contributed by atoms with E-state index in [0.717, 1.165) is 49.6 Å². The molecule has 1 amide bonds. The molecule has 0 spiro atoms. The van der Waals surface area contributed by atoms with E-state index in [2.05, 4.69) is 17.9 Å². The molecule has 0 N–H and O–H groups in total. The molecule has 0 bridgehead atoms. The van der Waals surface area contributed by atoms with E-state index in [-0.39, 0.29) is 5.91 Å². The number of amides is 1. The number of ether oxygens (including phenoxy) is 1. The number of nitrogens with zero attached hydrogens (tertiary/aromatic N) is 2. The Balaban J connectivity index is 1.62. The van der Waals surface area contributed by atoms with Gasteiger partial charge in [0, 0.05) is 43.5 Å². The Morgan fingerprint density at radius 2 is 1.75 bits per heavy atom. The summed E-state index contributed by atoms with van der Waals surface area (Å²) in [5, 5.41) is 0. The Kier molecular flexibility index (Phi) is 5.04. The predicted molar refractivity (Wildman–Crippen MR) is 96.9 cm³/mol. The van der Waals surface area contributed by atoms with Crippen LogP contribution in [0.15, 0.2) is 48.5 Å². The summed E-state index contributed by atoms with van der Waals surface area (Å²) in [7, 11) is 1.68. The summed E-state index contributed by atoms with van der Waals surface area (Å²) in [6.45, 7) is 5.28. The Labute approximate surface area is 143 Å². The van der Waals surface area contributed by atoms with Gasteiger partial charge >= 0.3 is 0 Å². The molecule has 0 aromatic heterocycles. The van der Waals surface area contributed by atoms with Crippen LogP contribution in [0.3, 0.4) is 0 Å². The molecule has 1 aliphatic rings. The molecular formula is C20H24N2O2. The lowest BCUT2D eigenvalue weighted by molar-refractivity contribution is 0.0747. The number of piperazine rings is 1. The van der Waals surface area contributed by atoms with Crippen LogP contribution in [0.5, 0.6) is 5.75 Å². The van der Waals surface area contributed by atoms with Gasteiger partial charge in [-0.05, 0) is 36.2 Å². The third-order valence-electron chi connectivity index (χ3n) is 4.59. The van der Waals surface area contributed by atoms with Crippen LogP contribution >= 0.6 is 0 Å². The molecule has 1 aliphatic heterocycles. The van der Waals surface area contributed by atoms with Crippen molar-refractivity contribution in [3.8, 4) is 5.75 Å². The first-order chi connectivity index (χ1) is 11.7. The highest BCUT2D eigenvalue weighted by Crippen LogP contribution is 2.22. The highest BCUT2D eigenvalue weighted by atomic mass is 16.5. The molecule has 4 nitrogen and oxygen atoms in total. The first kappa shape index (κ1) is 16.4. The van der Waals surface area contributed by atoms with Crippen LogP contribution in [0.2, 0.25) is 0 Å². The molecule has 0 aliphatic carbocycles. The van der Waals surface area contributed by atoms with Gasteiger partial charge in [0.1, 0.15) is 5.75 Å². The minimum absolute atomic E-state index is 0.128. The lowest BCUT2D eigenvalue weighted by Crippen LogP contribution is -2.48. The maximum absolute atomic E-state index is 12.6. The summed E-state index contributed by atoms with van der Waals surface area (Å²) in [5.41, 5.74) is 3.19. The molecule has 0 radical (unpaired) electrons. The second-order valence-corrected chi connectivity index (χ2v) is 6.03. The fourth-order valence-corrected chi connectivity index (χ4v) is 3.04. The normalized spacial score (nSPS) is 14.6. The van der Waals surface area contributed by atoms with Crippen LogP contribution in [-0.2, 0) is 6.42 Å². The van der Waals surface area contributed by atoms with Gasteiger partial charge in [0.15, 0.2) is 0 Å². The molecule has 126 valence electrons. The largest absolute Gasteiger partial charge is 0.497 e. The van der Waals surface area contributed by atoms with E-state index in [1.54, 1.807) is 7.11 Å². The maximum atomic E-state index is 12.6. The molecule has 24 heavy (non-hydrogen) atoms. The van der Waals surface area contributed by atoms with Gasteiger partial charge in [0.25, 0.3) is 5.91 Å². The standard InChI is InChI=1S/C20H24N2O2/c1-3-16-7-9-17(10-8-16)20(23)22-13-11-21(12-14-22)18-5-4-6-19(15-18)24-2/h4-10,15H,3,11-14H2,1-2H3. The lowest BCUT2D eigenvalue weighted by Gasteiger charge is -2.36. The molecule has 2 aromatic carbocycles. The molecule has 1 heterocycles. The van der Waals surface area contributed by atoms with Gasteiger partial charge in [-0.3, -0.25) is 4.79 Å². The summed E-state index contributed by atoms with van der Waals surface area (Å²) < 4.78 is 5.29. The zero-order chi connectivity index (χ0) is 16.9. The van der Waals surface area contributed by atoms with Gasteiger partial charge < -0.3 is 14.5 Å². The Bertz CT molecular complexity index is 689. The third kappa shape index (κ3) is 3.53. The van der Waals surface area contributed by atoms with Crippen molar-refractivity contribution in [3.63, 3.8) is 0 Å². The average molecular weight is 324 g/mol. The third-order valence-corrected chi connectivity index (χ3v) is 4.59. The van der Waals surface area contributed by atoms with Crippen molar-refractivity contribution in [2.75, 3.05) is 38.2 Å². The van der Waals surface area contributed by atoms with E-state index < -0.39 is 0 Å². The monoisotopic (exact) mass is 324 g/mol. The van der Waals surface area contributed by atoms with Crippen molar-refractivity contribution in [1.29, 1.82) is 0 Å². The van der Waals surface area contributed by atoms with Crippen LogP contribution in [0.1, 0.15) is 22.8 Å². The van der Waals surface area contributed by atoms with Crippen LogP contribution in [-0.4, -0.2) is 44.1 Å². The predicted octanol–water partition coefficient (Wildman–Crippen LogP) is 3.22. The maximum Gasteiger partial charge on any atom is 0.253 e. The summed E-state index contributed by atoms with van der Waals surface area (Å²) in [6, 6.07) is 16.0. The number of aryl methyl sites for hydroxylation is 1. The fourth-order valence-electron chi connectivity index (χ4n) is 3.04. The molecule has 1 fully saturated rings. The van der Waals surface area contributed by atoms with Crippen molar-refractivity contribution in [2.45, 2.75) is 13.3 Å². The lowest BCUT2D eigenvalue weighted by atomic mass is 10.1.